The Morgan fingerprint density at radius 3 is 2.69 bits per heavy atom. The first-order valence-corrected chi connectivity index (χ1v) is 9.76. The van der Waals surface area contributed by atoms with Crippen LogP contribution in [0.2, 0.25) is 10.0 Å². The number of halogens is 2. The molecular formula is C22H15Cl2N5. The van der Waals surface area contributed by atoms with Crippen LogP contribution in [0.3, 0.4) is 0 Å². The number of aryl methyl sites for hydroxylation is 1. The van der Waals surface area contributed by atoms with Gasteiger partial charge >= 0.3 is 0 Å². The van der Waals surface area contributed by atoms with Crippen LogP contribution >= 0.6 is 23.2 Å². The van der Waals surface area contributed by atoms with E-state index in [2.05, 4.69) is 25.3 Å². The van der Waals surface area contributed by atoms with Crippen molar-refractivity contribution in [3.63, 3.8) is 0 Å². The van der Waals surface area contributed by atoms with E-state index in [0.717, 1.165) is 38.8 Å². The lowest BCUT2D eigenvalue weighted by Gasteiger charge is -2.11. The molecule has 7 heteroatoms. The first-order chi connectivity index (χ1) is 14.1. The number of anilines is 2. The maximum absolute atomic E-state index is 6.47. The van der Waals surface area contributed by atoms with Crippen molar-refractivity contribution in [2.24, 2.45) is 0 Å². The monoisotopic (exact) mass is 419 g/mol. The van der Waals surface area contributed by atoms with Crippen LogP contribution in [0.5, 0.6) is 0 Å². The van der Waals surface area contributed by atoms with Gasteiger partial charge in [-0.25, -0.2) is 15.0 Å². The van der Waals surface area contributed by atoms with Crippen LogP contribution in [0.4, 0.5) is 11.5 Å². The van der Waals surface area contributed by atoms with Crippen LogP contribution in [0.25, 0.3) is 33.3 Å². The molecule has 0 saturated heterocycles. The lowest BCUT2D eigenvalue weighted by atomic mass is 10.1. The van der Waals surface area contributed by atoms with Crippen molar-refractivity contribution >= 4 is 56.6 Å². The molecule has 0 unspecified atom stereocenters. The molecule has 0 radical (unpaired) electrons. The zero-order chi connectivity index (χ0) is 20.0. The van der Waals surface area contributed by atoms with Crippen molar-refractivity contribution in [2.75, 3.05) is 5.32 Å². The molecule has 5 nitrogen and oxygen atoms in total. The first-order valence-electron chi connectivity index (χ1n) is 9.01. The molecule has 2 heterocycles. The Bertz CT molecular complexity index is 1340. The Morgan fingerprint density at radius 2 is 1.83 bits per heavy atom. The molecule has 5 aromatic rings. The predicted octanol–water partition coefficient (Wildman–Crippen LogP) is 6.53. The highest BCUT2D eigenvalue weighted by atomic mass is 35.5. The fraction of sp³-hybridized carbons (Fsp3) is 0.0455. The van der Waals surface area contributed by atoms with Crippen LogP contribution in [-0.2, 0) is 0 Å². The van der Waals surface area contributed by atoms with Crippen molar-refractivity contribution in [3.8, 4) is 11.4 Å². The molecule has 0 aliphatic carbocycles. The summed E-state index contributed by atoms with van der Waals surface area (Å²) in [5, 5.41) is 5.48. The van der Waals surface area contributed by atoms with Crippen LogP contribution in [0.15, 0.2) is 60.9 Å². The molecule has 0 fully saturated rings. The highest BCUT2D eigenvalue weighted by molar-refractivity contribution is 6.33. The second-order valence-electron chi connectivity index (χ2n) is 6.76. The quantitative estimate of drug-likeness (QED) is 0.348. The number of para-hydroxylation sites is 2. The first kappa shape index (κ1) is 17.9. The van der Waals surface area contributed by atoms with Gasteiger partial charge in [0.25, 0.3) is 0 Å². The maximum Gasteiger partial charge on any atom is 0.141 e. The van der Waals surface area contributed by atoms with E-state index in [4.69, 9.17) is 23.2 Å². The van der Waals surface area contributed by atoms with E-state index in [9.17, 15) is 0 Å². The van der Waals surface area contributed by atoms with E-state index in [0.29, 0.717) is 21.7 Å². The average molecular weight is 420 g/mol. The Morgan fingerprint density at radius 1 is 0.966 bits per heavy atom. The van der Waals surface area contributed by atoms with Gasteiger partial charge in [0, 0.05) is 21.7 Å². The molecule has 5 rings (SSSR count). The van der Waals surface area contributed by atoms with Crippen LogP contribution in [0.1, 0.15) is 5.56 Å². The van der Waals surface area contributed by atoms with Gasteiger partial charge in [-0.15, -0.1) is 0 Å². The van der Waals surface area contributed by atoms with Gasteiger partial charge in [0.15, 0.2) is 0 Å². The number of H-pyrrole nitrogens is 1. The van der Waals surface area contributed by atoms with Gasteiger partial charge in [-0.05, 0) is 55.0 Å². The van der Waals surface area contributed by atoms with Gasteiger partial charge in [0.2, 0.25) is 0 Å². The number of aromatic nitrogens is 4. The van der Waals surface area contributed by atoms with E-state index < -0.39 is 0 Å². The minimum absolute atomic E-state index is 0.612. The van der Waals surface area contributed by atoms with Crippen LogP contribution < -0.4 is 5.32 Å². The normalized spacial score (nSPS) is 11.3. The zero-order valence-corrected chi connectivity index (χ0v) is 16.9. The summed E-state index contributed by atoms with van der Waals surface area (Å²) in [4.78, 5) is 16.8. The number of imidazole rings is 1. The number of hydrogen-bond acceptors (Lipinski definition) is 4. The number of hydrogen-bond donors (Lipinski definition) is 2. The summed E-state index contributed by atoms with van der Waals surface area (Å²) in [7, 11) is 0. The highest BCUT2D eigenvalue weighted by Gasteiger charge is 2.12. The Kier molecular flexibility index (Phi) is 4.34. The molecule has 0 spiro atoms. The number of nitrogens with zero attached hydrogens (tertiary/aromatic N) is 3. The topological polar surface area (TPSA) is 66.5 Å². The SMILES string of the molecule is Cc1cc(Cl)cc2c(Nc3ccc(Cl)c(-c4nc5ccccc5[nH]4)c3)ncnc12. The number of benzene rings is 3. The van der Waals surface area contributed by atoms with Gasteiger partial charge < -0.3 is 10.3 Å². The summed E-state index contributed by atoms with van der Waals surface area (Å²) < 4.78 is 0. The second-order valence-corrected chi connectivity index (χ2v) is 7.61. The maximum atomic E-state index is 6.47. The molecule has 0 bridgehead atoms. The number of aromatic amines is 1. The van der Waals surface area contributed by atoms with Gasteiger partial charge in [0.05, 0.1) is 21.6 Å². The lowest BCUT2D eigenvalue weighted by Crippen LogP contribution is -1.97. The third-order valence-corrected chi connectivity index (χ3v) is 5.32. The zero-order valence-electron chi connectivity index (χ0n) is 15.4. The molecular weight excluding hydrogens is 405 g/mol. The molecule has 0 aliphatic heterocycles. The minimum Gasteiger partial charge on any atom is -0.340 e. The summed E-state index contributed by atoms with van der Waals surface area (Å²) in [5.74, 6) is 1.39. The number of rotatable bonds is 3. The van der Waals surface area contributed by atoms with Crippen molar-refractivity contribution in [3.05, 3.63) is 76.5 Å². The van der Waals surface area contributed by atoms with Gasteiger partial charge in [-0.2, -0.15) is 0 Å². The van der Waals surface area contributed by atoms with E-state index in [-0.39, 0.29) is 0 Å². The Balaban J connectivity index is 1.58. The fourth-order valence-corrected chi connectivity index (χ4v) is 3.88. The minimum atomic E-state index is 0.612. The summed E-state index contributed by atoms with van der Waals surface area (Å²) >= 11 is 12.7. The van der Waals surface area contributed by atoms with E-state index in [1.807, 2.05) is 61.5 Å². The predicted molar refractivity (Wildman–Crippen MR) is 119 cm³/mol. The largest absolute Gasteiger partial charge is 0.340 e. The Labute approximate surface area is 176 Å². The van der Waals surface area contributed by atoms with E-state index in [1.54, 1.807) is 6.33 Å². The summed E-state index contributed by atoms with van der Waals surface area (Å²) in [6.45, 7) is 1.98. The van der Waals surface area contributed by atoms with Crippen molar-refractivity contribution < 1.29 is 0 Å². The summed E-state index contributed by atoms with van der Waals surface area (Å²) in [6.07, 6.45) is 1.54. The van der Waals surface area contributed by atoms with E-state index >= 15 is 0 Å². The molecule has 0 aliphatic rings. The van der Waals surface area contributed by atoms with Gasteiger partial charge in [-0.3, -0.25) is 0 Å². The molecule has 2 aromatic heterocycles. The van der Waals surface area contributed by atoms with Crippen LogP contribution in [-0.4, -0.2) is 19.9 Å². The van der Waals surface area contributed by atoms with Crippen LogP contribution in [0, 0.1) is 6.92 Å². The Hall–Kier alpha value is -3.15. The standard InChI is InChI=1S/C22H15Cl2N5/c1-12-8-13(23)9-16-20(12)25-11-26-21(16)27-14-6-7-17(24)15(10-14)22-28-18-4-2-3-5-19(18)29-22/h2-11H,1H3,(H,28,29)(H,25,26,27). The summed E-state index contributed by atoms with van der Waals surface area (Å²) in [5.41, 5.74) is 5.35. The van der Waals surface area contributed by atoms with Crippen molar-refractivity contribution in [1.82, 2.24) is 19.9 Å². The third-order valence-electron chi connectivity index (χ3n) is 4.77. The van der Waals surface area contributed by atoms with Gasteiger partial charge in [0.1, 0.15) is 18.0 Å². The van der Waals surface area contributed by atoms with Crippen molar-refractivity contribution in [1.29, 1.82) is 0 Å². The molecule has 0 atom stereocenters. The average Bonchev–Trinajstić information content (AvgIpc) is 3.14. The second kappa shape index (κ2) is 7.03. The van der Waals surface area contributed by atoms with Gasteiger partial charge in [-0.1, -0.05) is 35.3 Å². The number of fused-ring (bicyclic) bond motifs is 2. The molecule has 142 valence electrons. The highest BCUT2D eigenvalue weighted by Crippen LogP contribution is 2.33. The smallest absolute Gasteiger partial charge is 0.141 e. The molecule has 0 amide bonds. The molecule has 29 heavy (non-hydrogen) atoms. The molecule has 0 saturated carbocycles. The van der Waals surface area contributed by atoms with E-state index in [1.165, 1.54) is 0 Å². The summed E-state index contributed by atoms with van der Waals surface area (Å²) in [6, 6.07) is 17.3. The molecule has 3 aromatic carbocycles. The molecule has 2 N–H and O–H groups in total. The fourth-order valence-electron chi connectivity index (χ4n) is 3.40. The number of nitrogens with one attached hydrogen (secondary N) is 2. The van der Waals surface area contributed by atoms with Crippen molar-refractivity contribution in [2.45, 2.75) is 6.92 Å². The third kappa shape index (κ3) is 3.28. The lowest BCUT2D eigenvalue weighted by molar-refractivity contribution is 1.21.